The van der Waals surface area contributed by atoms with Crippen molar-refractivity contribution in [2.45, 2.75) is 6.92 Å². The average molecular weight is 365 g/mol. The fourth-order valence-corrected chi connectivity index (χ4v) is 2.41. The molecule has 0 radical (unpaired) electrons. The molecule has 6 heteroatoms. The van der Waals surface area contributed by atoms with E-state index in [1.165, 1.54) is 0 Å². The van der Waals surface area contributed by atoms with Gasteiger partial charge < -0.3 is 10.3 Å². The van der Waals surface area contributed by atoms with Crippen molar-refractivity contribution in [2.24, 2.45) is 0 Å². The van der Waals surface area contributed by atoms with Gasteiger partial charge in [-0.1, -0.05) is 44.8 Å². The monoisotopic (exact) mass is 363 g/mol. The van der Waals surface area contributed by atoms with Crippen LogP contribution in [0.5, 0.6) is 0 Å². The van der Waals surface area contributed by atoms with E-state index in [-0.39, 0.29) is 0 Å². The van der Waals surface area contributed by atoms with Gasteiger partial charge in [-0.15, -0.1) is 0 Å². The van der Waals surface area contributed by atoms with Gasteiger partial charge in [0.25, 0.3) is 5.89 Å². The number of benzene rings is 2. The van der Waals surface area contributed by atoms with E-state index in [0.29, 0.717) is 22.4 Å². The number of hydrogen-bond donors (Lipinski definition) is 1. The molecular weight excluding hydrogens is 354 g/mol. The lowest BCUT2D eigenvalue weighted by Gasteiger charge is -2.00. The van der Waals surface area contributed by atoms with Crippen LogP contribution in [0.1, 0.15) is 5.56 Å². The third kappa shape index (κ3) is 2.80. The van der Waals surface area contributed by atoms with E-state index in [9.17, 15) is 0 Å². The number of aromatic nitrogens is 2. The maximum absolute atomic E-state index is 6.00. The molecule has 0 aliphatic rings. The standard InChI is InChI=1S/C15H11BrClN3O/c1-8-2-3-9(6-11(8)16)14-19-15(21-20-14)10-4-5-13(18)12(17)7-10/h2-7H,18H2,1H3. The zero-order chi connectivity index (χ0) is 15.0. The Hall–Kier alpha value is -1.85. The van der Waals surface area contributed by atoms with Crippen molar-refractivity contribution in [3.05, 3.63) is 51.5 Å². The summed E-state index contributed by atoms with van der Waals surface area (Å²) in [4.78, 5) is 4.39. The third-order valence-electron chi connectivity index (χ3n) is 3.10. The lowest BCUT2D eigenvalue weighted by atomic mass is 10.1. The minimum Gasteiger partial charge on any atom is -0.398 e. The molecule has 106 valence electrons. The fourth-order valence-electron chi connectivity index (χ4n) is 1.85. The number of aryl methyl sites for hydroxylation is 1. The van der Waals surface area contributed by atoms with Gasteiger partial charge in [-0.3, -0.25) is 0 Å². The van der Waals surface area contributed by atoms with Crippen LogP contribution in [0, 0.1) is 6.92 Å². The van der Waals surface area contributed by atoms with Gasteiger partial charge in [0, 0.05) is 15.6 Å². The molecule has 1 aromatic heterocycles. The number of nitrogens with zero attached hydrogens (tertiary/aromatic N) is 2. The Morgan fingerprint density at radius 2 is 1.90 bits per heavy atom. The molecule has 21 heavy (non-hydrogen) atoms. The van der Waals surface area contributed by atoms with Gasteiger partial charge in [0.1, 0.15) is 0 Å². The molecular formula is C15H11BrClN3O. The molecule has 0 bridgehead atoms. The molecule has 0 aliphatic carbocycles. The Labute approximate surface area is 135 Å². The van der Waals surface area contributed by atoms with Crippen LogP contribution in [0.25, 0.3) is 22.8 Å². The van der Waals surface area contributed by atoms with E-state index in [1.807, 2.05) is 25.1 Å². The zero-order valence-electron chi connectivity index (χ0n) is 11.1. The van der Waals surface area contributed by atoms with Gasteiger partial charge in [-0.25, -0.2) is 0 Å². The lowest BCUT2D eigenvalue weighted by molar-refractivity contribution is 0.432. The lowest BCUT2D eigenvalue weighted by Crippen LogP contribution is -1.87. The second kappa shape index (κ2) is 5.50. The smallest absolute Gasteiger partial charge is 0.258 e. The van der Waals surface area contributed by atoms with Gasteiger partial charge in [-0.05, 0) is 36.8 Å². The minimum absolute atomic E-state index is 0.406. The number of hydrogen-bond acceptors (Lipinski definition) is 4. The van der Waals surface area contributed by atoms with Gasteiger partial charge in [0.2, 0.25) is 5.82 Å². The van der Waals surface area contributed by atoms with Crippen molar-refractivity contribution in [1.82, 2.24) is 10.1 Å². The van der Waals surface area contributed by atoms with Crippen LogP contribution < -0.4 is 5.73 Å². The van der Waals surface area contributed by atoms with Gasteiger partial charge in [0.15, 0.2) is 0 Å². The van der Waals surface area contributed by atoms with Crippen LogP contribution in [0.3, 0.4) is 0 Å². The Morgan fingerprint density at radius 3 is 2.62 bits per heavy atom. The molecule has 1 heterocycles. The van der Waals surface area contributed by atoms with E-state index in [0.717, 1.165) is 21.2 Å². The van der Waals surface area contributed by atoms with E-state index >= 15 is 0 Å². The van der Waals surface area contributed by atoms with E-state index in [2.05, 4.69) is 26.1 Å². The molecule has 4 nitrogen and oxygen atoms in total. The third-order valence-corrected chi connectivity index (χ3v) is 4.29. The molecule has 0 unspecified atom stereocenters. The summed E-state index contributed by atoms with van der Waals surface area (Å²) >= 11 is 9.50. The average Bonchev–Trinajstić information content (AvgIpc) is 2.94. The molecule has 0 amide bonds. The number of rotatable bonds is 2. The van der Waals surface area contributed by atoms with Gasteiger partial charge in [-0.2, -0.15) is 4.98 Å². The number of nitrogen functional groups attached to an aromatic ring is 1. The maximum atomic E-state index is 6.00. The van der Waals surface area contributed by atoms with E-state index in [1.54, 1.807) is 18.2 Å². The van der Waals surface area contributed by atoms with Crippen LogP contribution >= 0.6 is 27.5 Å². The highest BCUT2D eigenvalue weighted by atomic mass is 79.9. The summed E-state index contributed by atoms with van der Waals surface area (Å²) in [5.74, 6) is 0.933. The first-order valence-electron chi connectivity index (χ1n) is 6.20. The zero-order valence-corrected chi connectivity index (χ0v) is 13.4. The summed E-state index contributed by atoms with van der Waals surface area (Å²) in [5, 5.41) is 4.47. The topological polar surface area (TPSA) is 64.9 Å². The molecule has 3 rings (SSSR count). The number of nitrogens with two attached hydrogens (primary N) is 1. The summed E-state index contributed by atoms with van der Waals surface area (Å²) in [6.45, 7) is 2.02. The summed E-state index contributed by atoms with van der Waals surface area (Å²) in [6.07, 6.45) is 0. The minimum atomic E-state index is 0.406. The summed E-state index contributed by atoms with van der Waals surface area (Å²) in [5.41, 5.74) is 8.97. The Bertz CT molecular complexity index is 750. The Balaban J connectivity index is 1.99. The quantitative estimate of drug-likeness (QED) is 0.669. The molecule has 2 N–H and O–H groups in total. The predicted molar refractivity (Wildman–Crippen MR) is 87.0 cm³/mol. The summed E-state index contributed by atoms with van der Waals surface area (Å²) in [7, 11) is 0. The highest BCUT2D eigenvalue weighted by molar-refractivity contribution is 9.10. The second-order valence-electron chi connectivity index (χ2n) is 4.62. The van der Waals surface area contributed by atoms with Crippen molar-refractivity contribution >= 4 is 33.2 Å². The second-order valence-corrected chi connectivity index (χ2v) is 5.88. The van der Waals surface area contributed by atoms with E-state index < -0.39 is 0 Å². The van der Waals surface area contributed by atoms with Crippen LogP contribution in [-0.2, 0) is 0 Å². The van der Waals surface area contributed by atoms with Crippen molar-refractivity contribution in [1.29, 1.82) is 0 Å². The molecule has 0 fully saturated rings. The highest BCUT2D eigenvalue weighted by Crippen LogP contribution is 2.28. The predicted octanol–water partition coefficient (Wildman–Crippen LogP) is 4.71. The first-order valence-corrected chi connectivity index (χ1v) is 7.37. The SMILES string of the molecule is Cc1ccc(-c2noc(-c3ccc(N)c(Cl)c3)n2)cc1Br. The molecule has 0 atom stereocenters. The largest absolute Gasteiger partial charge is 0.398 e. The number of anilines is 1. The van der Waals surface area contributed by atoms with Crippen molar-refractivity contribution < 1.29 is 4.52 Å². The first-order chi connectivity index (χ1) is 10.0. The molecule has 0 aliphatic heterocycles. The fraction of sp³-hybridized carbons (Fsp3) is 0.0667. The van der Waals surface area contributed by atoms with Crippen molar-refractivity contribution in [3.8, 4) is 22.8 Å². The highest BCUT2D eigenvalue weighted by Gasteiger charge is 2.12. The molecule has 3 aromatic rings. The van der Waals surface area contributed by atoms with Crippen LogP contribution in [0.2, 0.25) is 5.02 Å². The van der Waals surface area contributed by atoms with Crippen LogP contribution in [0.15, 0.2) is 45.4 Å². The van der Waals surface area contributed by atoms with Crippen LogP contribution in [-0.4, -0.2) is 10.1 Å². The molecule has 0 saturated heterocycles. The van der Waals surface area contributed by atoms with Gasteiger partial charge >= 0.3 is 0 Å². The first kappa shape index (κ1) is 14.1. The van der Waals surface area contributed by atoms with Gasteiger partial charge in [0.05, 0.1) is 10.7 Å². The normalized spacial score (nSPS) is 10.8. The number of halogens is 2. The summed E-state index contributed by atoms with van der Waals surface area (Å²) < 4.78 is 6.30. The Kier molecular flexibility index (Phi) is 3.69. The van der Waals surface area contributed by atoms with Crippen molar-refractivity contribution in [2.75, 3.05) is 5.73 Å². The molecule has 2 aromatic carbocycles. The molecule has 0 spiro atoms. The van der Waals surface area contributed by atoms with Crippen LogP contribution in [0.4, 0.5) is 5.69 Å². The Morgan fingerprint density at radius 1 is 1.14 bits per heavy atom. The summed E-state index contributed by atoms with van der Waals surface area (Å²) in [6, 6.07) is 11.1. The van der Waals surface area contributed by atoms with Crippen molar-refractivity contribution in [3.63, 3.8) is 0 Å². The van der Waals surface area contributed by atoms with E-state index in [4.69, 9.17) is 21.9 Å². The maximum Gasteiger partial charge on any atom is 0.258 e. The molecule has 0 saturated carbocycles.